The van der Waals surface area contributed by atoms with Crippen LogP contribution in [0.1, 0.15) is 20.5 Å². The maximum atomic E-state index is 12.1. The molecule has 1 amide bonds. The van der Waals surface area contributed by atoms with Crippen LogP contribution in [0.15, 0.2) is 48.5 Å². The molecule has 10 heteroatoms. The Hall–Kier alpha value is -2.33. The second kappa shape index (κ2) is 9.45. The van der Waals surface area contributed by atoms with Gasteiger partial charge in [-0.05, 0) is 42.0 Å². The molecule has 29 heavy (non-hydrogen) atoms. The number of nitrogens with one attached hydrogen (secondary N) is 1. The van der Waals surface area contributed by atoms with Gasteiger partial charge < -0.3 is 14.8 Å². The van der Waals surface area contributed by atoms with Crippen LogP contribution in [0.5, 0.6) is 5.75 Å². The number of amides is 1. The van der Waals surface area contributed by atoms with Crippen molar-refractivity contribution in [3.8, 4) is 5.75 Å². The van der Waals surface area contributed by atoms with Gasteiger partial charge in [0.15, 0.2) is 6.61 Å². The molecule has 1 saturated heterocycles. The zero-order chi connectivity index (χ0) is 20.9. The number of esters is 1. The molecule has 0 aliphatic carbocycles. The van der Waals surface area contributed by atoms with Gasteiger partial charge in [-0.1, -0.05) is 12.1 Å². The Bertz CT molecular complexity index is 851. The zero-order valence-electron chi connectivity index (χ0n) is 14.9. The molecule has 1 N–H and O–H groups in total. The van der Waals surface area contributed by atoms with E-state index in [-0.39, 0.29) is 5.69 Å². The molecule has 154 valence electrons. The van der Waals surface area contributed by atoms with Crippen LogP contribution in [-0.2, 0) is 9.53 Å². The lowest BCUT2D eigenvalue weighted by Gasteiger charge is -2.10. The minimum Gasteiger partial charge on any atom is -0.452 e. The minimum absolute atomic E-state index is 0.247. The summed E-state index contributed by atoms with van der Waals surface area (Å²) in [5.74, 6) is 0.559. The van der Waals surface area contributed by atoms with Gasteiger partial charge in [0.05, 0.1) is 10.1 Å². The number of anilines is 1. The molecule has 1 fully saturated rings. The number of benzene rings is 2. The number of carbonyl (C=O) groups is 2. The normalized spacial score (nSPS) is 14.4. The Morgan fingerprint density at radius 3 is 2.21 bits per heavy atom. The Kier molecular flexibility index (Phi) is 6.96. The van der Waals surface area contributed by atoms with E-state index in [4.69, 9.17) is 4.74 Å². The molecular formula is C19H16F3NO4S2. The smallest absolute Gasteiger partial charge is 0.452 e. The van der Waals surface area contributed by atoms with E-state index in [9.17, 15) is 22.8 Å². The summed E-state index contributed by atoms with van der Waals surface area (Å²) in [6.45, 7) is -0.518. The van der Waals surface area contributed by atoms with Crippen molar-refractivity contribution in [2.24, 2.45) is 0 Å². The molecule has 0 bridgehead atoms. The Balaban J connectivity index is 1.46. The molecule has 1 heterocycles. The molecule has 0 radical (unpaired) electrons. The first kappa shape index (κ1) is 21.4. The largest absolute Gasteiger partial charge is 0.573 e. The molecule has 0 atom stereocenters. The van der Waals surface area contributed by atoms with E-state index in [1.54, 1.807) is 12.1 Å². The number of thioether (sulfide) groups is 2. The van der Waals surface area contributed by atoms with Gasteiger partial charge in [-0.2, -0.15) is 0 Å². The summed E-state index contributed by atoms with van der Waals surface area (Å²) >= 11 is 3.72. The van der Waals surface area contributed by atoms with Crippen LogP contribution in [0.4, 0.5) is 18.9 Å². The van der Waals surface area contributed by atoms with Gasteiger partial charge in [0, 0.05) is 17.2 Å². The molecule has 1 aliphatic rings. The lowest BCUT2D eigenvalue weighted by Crippen LogP contribution is -2.21. The van der Waals surface area contributed by atoms with Crippen LogP contribution in [0.25, 0.3) is 0 Å². The van der Waals surface area contributed by atoms with Gasteiger partial charge in [0.1, 0.15) is 5.75 Å². The average Bonchev–Trinajstić information content (AvgIpc) is 3.21. The third kappa shape index (κ3) is 6.60. The monoisotopic (exact) mass is 443 g/mol. The molecule has 0 unspecified atom stereocenters. The lowest BCUT2D eigenvalue weighted by molar-refractivity contribution is -0.274. The summed E-state index contributed by atoms with van der Waals surface area (Å²) in [4.78, 5) is 24.0. The predicted octanol–water partition coefficient (Wildman–Crippen LogP) is 4.86. The van der Waals surface area contributed by atoms with Crippen LogP contribution in [0, 0.1) is 0 Å². The minimum atomic E-state index is -4.79. The Morgan fingerprint density at radius 1 is 1.00 bits per heavy atom. The highest BCUT2D eigenvalue weighted by Gasteiger charge is 2.31. The standard InChI is InChI=1S/C19H16F3NO4S2/c20-19(21,22)27-15-7-5-14(6-8-15)23-16(24)11-26-17(25)12-1-3-13(4-2-12)18-28-9-10-29-18/h1-8,18H,9-11H2,(H,23,24). The van der Waals surface area contributed by atoms with Crippen molar-refractivity contribution in [1.82, 2.24) is 0 Å². The molecule has 0 aromatic heterocycles. The molecule has 2 aromatic rings. The number of carbonyl (C=O) groups excluding carboxylic acids is 2. The second-order valence-electron chi connectivity index (χ2n) is 5.89. The van der Waals surface area contributed by atoms with E-state index in [0.717, 1.165) is 29.2 Å². The molecule has 5 nitrogen and oxygen atoms in total. The summed E-state index contributed by atoms with van der Waals surface area (Å²) < 4.78 is 45.5. The number of ether oxygens (including phenoxy) is 2. The predicted molar refractivity (Wildman–Crippen MR) is 106 cm³/mol. The summed E-state index contributed by atoms with van der Waals surface area (Å²) in [5, 5.41) is 2.43. The van der Waals surface area contributed by atoms with Crippen molar-refractivity contribution < 1.29 is 32.2 Å². The first-order valence-electron chi connectivity index (χ1n) is 8.46. The average molecular weight is 443 g/mol. The van der Waals surface area contributed by atoms with E-state index in [2.05, 4.69) is 10.1 Å². The number of alkyl halides is 3. The summed E-state index contributed by atoms with van der Waals surface area (Å²) in [7, 11) is 0. The fraction of sp³-hybridized carbons (Fsp3) is 0.263. The first-order chi connectivity index (χ1) is 13.8. The van der Waals surface area contributed by atoms with Crippen LogP contribution < -0.4 is 10.1 Å². The van der Waals surface area contributed by atoms with Gasteiger partial charge in [-0.3, -0.25) is 4.79 Å². The van der Waals surface area contributed by atoms with E-state index >= 15 is 0 Å². The molecule has 1 aliphatic heterocycles. The van der Waals surface area contributed by atoms with Crippen molar-refractivity contribution in [3.05, 3.63) is 59.7 Å². The van der Waals surface area contributed by atoms with Crippen molar-refractivity contribution in [2.45, 2.75) is 10.9 Å². The first-order valence-corrected chi connectivity index (χ1v) is 10.6. The third-order valence-electron chi connectivity index (χ3n) is 3.75. The zero-order valence-corrected chi connectivity index (χ0v) is 16.5. The van der Waals surface area contributed by atoms with Gasteiger partial charge in [0.25, 0.3) is 5.91 Å². The Morgan fingerprint density at radius 2 is 1.62 bits per heavy atom. The van der Waals surface area contributed by atoms with Gasteiger partial charge in [0.2, 0.25) is 0 Å². The highest BCUT2D eigenvalue weighted by molar-refractivity contribution is 8.19. The SMILES string of the molecule is O=C(COC(=O)c1ccc(C2SCCS2)cc1)Nc1ccc(OC(F)(F)F)cc1. The van der Waals surface area contributed by atoms with Crippen molar-refractivity contribution in [2.75, 3.05) is 23.4 Å². The molecule has 2 aromatic carbocycles. The quantitative estimate of drug-likeness (QED) is 0.644. The van der Waals surface area contributed by atoms with Crippen LogP contribution in [0.2, 0.25) is 0 Å². The maximum absolute atomic E-state index is 12.1. The molecule has 0 spiro atoms. The number of hydrogen-bond donors (Lipinski definition) is 1. The molecule has 3 rings (SSSR count). The van der Waals surface area contributed by atoms with Crippen LogP contribution >= 0.6 is 23.5 Å². The number of hydrogen-bond acceptors (Lipinski definition) is 6. The Labute approximate surface area is 173 Å². The number of halogens is 3. The van der Waals surface area contributed by atoms with E-state index < -0.39 is 30.6 Å². The van der Waals surface area contributed by atoms with Crippen molar-refractivity contribution in [1.29, 1.82) is 0 Å². The lowest BCUT2D eigenvalue weighted by atomic mass is 10.1. The van der Waals surface area contributed by atoms with Gasteiger partial charge >= 0.3 is 12.3 Å². The highest BCUT2D eigenvalue weighted by Crippen LogP contribution is 2.45. The summed E-state index contributed by atoms with van der Waals surface area (Å²) in [6, 6.07) is 11.7. The van der Waals surface area contributed by atoms with Crippen LogP contribution in [-0.4, -0.2) is 36.4 Å². The van der Waals surface area contributed by atoms with E-state index in [0.29, 0.717) is 10.1 Å². The van der Waals surface area contributed by atoms with Crippen molar-refractivity contribution in [3.63, 3.8) is 0 Å². The summed E-state index contributed by atoms with van der Waals surface area (Å²) in [6.07, 6.45) is -4.79. The summed E-state index contributed by atoms with van der Waals surface area (Å²) in [5.41, 5.74) is 1.71. The second-order valence-corrected chi connectivity index (χ2v) is 8.62. The van der Waals surface area contributed by atoms with Gasteiger partial charge in [-0.15, -0.1) is 36.7 Å². The number of rotatable bonds is 6. The van der Waals surface area contributed by atoms with Gasteiger partial charge in [-0.25, -0.2) is 4.79 Å². The fourth-order valence-corrected chi connectivity index (χ4v) is 5.34. The van der Waals surface area contributed by atoms with Crippen molar-refractivity contribution >= 4 is 41.1 Å². The maximum Gasteiger partial charge on any atom is 0.573 e. The van der Waals surface area contributed by atoms with E-state index in [1.807, 2.05) is 35.7 Å². The van der Waals surface area contributed by atoms with Crippen LogP contribution in [0.3, 0.4) is 0 Å². The molecular weight excluding hydrogens is 427 g/mol. The third-order valence-corrected chi connectivity index (χ3v) is 6.85. The molecule has 0 saturated carbocycles. The highest BCUT2D eigenvalue weighted by atomic mass is 32.2. The van der Waals surface area contributed by atoms with E-state index in [1.165, 1.54) is 12.1 Å². The topological polar surface area (TPSA) is 64.6 Å². The fourth-order valence-electron chi connectivity index (χ4n) is 2.48.